The molecule has 0 fully saturated rings. The van der Waals surface area contributed by atoms with Crippen LogP contribution in [0.4, 0.5) is 4.39 Å². The van der Waals surface area contributed by atoms with E-state index in [0.29, 0.717) is 11.4 Å². The van der Waals surface area contributed by atoms with E-state index in [1.54, 1.807) is 12.3 Å². The van der Waals surface area contributed by atoms with Crippen LogP contribution in [0.2, 0.25) is 0 Å². The van der Waals surface area contributed by atoms with Gasteiger partial charge in [0.05, 0.1) is 22.8 Å². The highest BCUT2D eigenvalue weighted by atomic mass is 19.1. The van der Waals surface area contributed by atoms with Gasteiger partial charge in [-0.25, -0.2) is 9.07 Å². The first-order valence-corrected chi connectivity index (χ1v) is 8.40. The predicted molar refractivity (Wildman–Crippen MR) is 101 cm³/mol. The topological polar surface area (TPSA) is 80.8 Å². The van der Waals surface area contributed by atoms with Gasteiger partial charge in [0, 0.05) is 23.8 Å². The van der Waals surface area contributed by atoms with Gasteiger partial charge in [-0.1, -0.05) is 6.07 Å². The van der Waals surface area contributed by atoms with Crippen molar-refractivity contribution in [3.8, 4) is 17.5 Å². The van der Waals surface area contributed by atoms with Crippen LogP contribution in [0.15, 0.2) is 71.8 Å². The molecule has 0 N–H and O–H groups in total. The number of nitriles is 1. The van der Waals surface area contributed by atoms with Crippen LogP contribution in [-0.4, -0.2) is 14.8 Å². The lowest BCUT2D eigenvalue weighted by molar-refractivity contribution is 0.298. The molecule has 0 unspecified atom stereocenters. The van der Waals surface area contributed by atoms with Crippen molar-refractivity contribution in [2.75, 3.05) is 0 Å². The molecule has 2 heterocycles. The second-order valence-electron chi connectivity index (χ2n) is 6.03. The Morgan fingerprint density at radius 2 is 2.04 bits per heavy atom. The van der Waals surface area contributed by atoms with E-state index in [-0.39, 0.29) is 23.3 Å². The maximum atomic E-state index is 13.7. The third-order valence-electron chi connectivity index (χ3n) is 4.11. The Hall–Kier alpha value is -4.05. The van der Waals surface area contributed by atoms with E-state index in [1.165, 1.54) is 29.1 Å². The standard InChI is InChI=1S/C21H13FN4O2/c22-16-8-14(12-23)9-17(11-16)26-7-5-21(27)20(25-26)13-28-18-3-4-19-15(10-18)2-1-6-24-19/h1-11H,13H2. The molecule has 2 aromatic carbocycles. The molecule has 0 aliphatic carbocycles. The van der Waals surface area contributed by atoms with Crippen molar-refractivity contribution < 1.29 is 9.13 Å². The Morgan fingerprint density at radius 3 is 2.89 bits per heavy atom. The molecule has 4 rings (SSSR count). The Labute approximate surface area is 159 Å². The zero-order valence-corrected chi connectivity index (χ0v) is 14.5. The van der Waals surface area contributed by atoms with Gasteiger partial charge < -0.3 is 4.74 Å². The van der Waals surface area contributed by atoms with Crippen LogP contribution in [-0.2, 0) is 6.61 Å². The summed E-state index contributed by atoms with van der Waals surface area (Å²) >= 11 is 0. The smallest absolute Gasteiger partial charge is 0.206 e. The third-order valence-corrected chi connectivity index (χ3v) is 4.11. The van der Waals surface area contributed by atoms with Gasteiger partial charge >= 0.3 is 0 Å². The molecule has 2 aromatic heterocycles. The van der Waals surface area contributed by atoms with Crippen molar-refractivity contribution in [2.45, 2.75) is 6.61 Å². The SMILES string of the molecule is N#Cc1cc(F)cc(-n2ccc(=O)c(COc3ccc4ncccc4c3)n2)c1. The fourth-order valence-corrected chi connectivity index (χ4v) is 2.76. The predicted octanol–water partition coefficient (Wildman–Crippen LogP) is 3.37. The fraction of sp³-hybridized carbons (Fsp3) is 0.0476. The first kappa shape index (κ1) is 17.4. The molecular weight excluding hydrogens is 359 g/mol. The highest BCUT2D eigenvalue weighted by Gasteiger charge is 2.08. The average molecular weight is 372 g/mol. The van der Waals surface area contributed by atoms with Crippen molar-refractivity contribution in [1.82, 2.24) is 14.8 Å². The molecule has 4 aromatic rings. The van der Waals surface area contributed by atoms with Crippen LogP contribution in [0.25, 0.3) is 16.6 Å². The van der Waals surface area contributed by atoms with E-state index in [2.05, 4.69) is 10.1 Å². The number of pyridine rings is 1. The summed E-state index contributed by atoms with van der Waals surface area (Å²) in [4.78, 5) is 16.4. The number of aromatic nitrogens is 3. The van der Waals surface area contributed by atoms with Gasteiger partial charge in [0.15, 0.2) is 0 Å². The summed E-state index contributed by atoms with van der Waals surface area (Å²) < 4.78 is 20.7. The third kappa shape index (κ3) is 3.57. The van der Waals surface area contributed by atoms with Gasteiger partial charge in [-0.2, -0.15) is 10.4 Å². The summed E-state index contributed by atoms with van der Waals surface area (Å²) in [5, 5.41) is 14.1. The molecule has 6 nitrogen and oxygen atoms in total. The summed E-state index contributed by atoms with van der Waals surface area (Å²) in [6.07, 6.45) is 3.13. The first-order chi connectivity index (χ1) is 13.6. The van der Waals surface area contributed by atoms with E-state index in [0.717, 1.165) is 17.0 Å². The van der Waals surface area contributed by atoms with Crippen LogP contribution >= 0.6 is 0 Å². The molecular formula is C21H13FN4O2. The van der Waals surface area contributed by atoms with Crippen LogP contribution in [0, 0.1) is 17.1 Å². The van der Waals surface area contributed by atoms with E-state index in [1.807, 2.05) is 30.3 Å². The molecule has 0 saturated carbocycles. The molecule has 136 valence electrons. The number of benzene rings is 2. The number of halogens is 1. The normalized spacial score (nSPS) is 10.6. The molecule has 0 saturated heterocycles. The lowest BCUT2D eigenvalue weighted by atomic mass is 10.2. The van der Waals surface area contributed by atoms with Crippen LogP contribution in [0.1, 0.15) is 11.3 Å². The molecule has 28 heavy (non-hydrogen) atoms. The first-order valence-electron chi connectivity index (χ1n) is 8.40. The second kappa shape index (κ2) is 7.29. The van der Waals surface area contributed by atoms with Gasteiger partial charge in [0.25, 0.3) is 0 Å². The molecule has 0 amide bonds. The Bertz CT molecular complexity index is 1280. The Kier molecular flexibility index (Phi) is 4.52. The minimum atomic E-state index is -0.558. The maximum Gasteiger partial charge on any atom is 0.206 e. The number of nitrogens with zero attached hydrogens (tertiary/aromatic N) is 4. The summed E-state index contributed by atoms with van der Waals surface area (Å²) in [5.41, 5.74) is 1.22. The molecule has 0 aliphatic rings. The summed E-state index contributed by atoms with van der Waals surface area (Å²) in [6.45, 7) is -0.0497. The van der Waals surface area contributed by atoms with Gasteiger partial charge in [0.1, 0.15) is 23.9 Å². The zero-order chi connectivity index (χ0) is 19.5. The lowest BCUT2D eigenvalue weighted by Gasteiger charge is -2.10. The molecule has 0 spiro atoms. The average Bonchev–Trinajstić information content (AvgIpc) is 2.72. The van der Waals surface area contributed by atoms with Crippen molar-refractivity contribution in [3.05, 3.63) is 94.3 Å². The highest BCUT2D eigenvalue weighted by Crippen LogP contribution is 2.19. The van der Waals surface area contributed by atoms with Gasteiger partial charge in [-0.15, -0.1) is 0 Å². The van der Waals surface area contributed by atoms with E-state index in [9.17, 15) is 9.18 Å². The molecule has 0 bridgehead atoms. The summed E-state index contributed by atoms with van der Waals surface area (Å²) in [5.74, 6) is 0.0201. The van der Waals surface area contributed by atoms with Crippen molar-refractivity contribution in [1.29, 1.82) is 5.26 Å². The van der Waals surface area contributed by atoms with Gasteiger partial charge in [-0.3, -0.25) is 9.78 Å². The summed E-state index contributed by atoms with van der Waals surface area (Å²) in [6, 6.07) is 16.2. The highest BCUT2D eigenvalue weighted by molar-refractivity contribution is 5.79. The van der Waals surface area contributed by atoms with Crippen molar-refractivity contribution >= 4 is 10.9 Å². The number of hydrogen-bond acceptors (Lipinski definition) is 5. The molecule has 0 atom stereocenters. The minimum Gasteiger partial charge on any atom is -0.487 e. The maximum absolute atomic E-state index is 13.7. The second-order valence-corrected chi connectivity index (χ2v) is 6.03. The quantitative estimate of drug-likeness (QED) is 0.549. The van der Waals surface area contributed by atoms with Gasteiger partial charge in [0.2, 0.25) is 5.43 Å². The monoisotopic (exact) mass is 372 g/mol. The number of rotatable bonds is 4. The number of hydrogen-bond donors (Lipinski definition) is 0. The van der Waals surface area contributed by atoms with Crippen LogP contribution in [0.3, 0.4) is 0 Å². The van der Waals surface area contributed by atoms with E-state index >= 15 is 0 Å². The summed E-state index contributed by atoms with van der Waals surface area (Å²) in [7, 11) is 0. The fourth-order valence-electron chi connectivity index (χ4n) is 2.76. The zero-order valence-electron chi connectivity index (χ0n) is 14.5. The largest absolute Gasteiger partial charge is 0.487 e. The Balaban J connectivity index is 1.61. The lowest BCUT2D eigenvalue weighted by Crippen LogP contribution is -2.18. The minimum absolute atomic E-state index is 0.0497. The van der Waals surface area contributed by atoms with E-state index < -0.39 is 5.82 Å². The molecule has 0 aliphatic heterocycles. The van der Waals surface area contributed by atoms with Crippen molar-refractivity contribution in [3.63, 3.8) is 0 Å². The molecule has 0 radical (unpaired) electrons. The van der Waals surface area contributed by atoms with Crippen LogP contribution < -0.4 is 10.2 Å². The van der Waals surface area contributed by atoms with Crippen molar-refractivity contribution in [2.24, 2.45) is 0 Å². The Morgan fingerprint density at radius 1 is 1.14 bits per heavy atom. The number of fused-ring (bicyclic) bond motifs is 1. The van der Waals surface area contributed by atoms with Gasteiger partial charge in [-0.05, 0) is 42.5 Å². The molecule has 7 heteroatoms. The van der Waals surface area contributed by atoms with E-state index in [4.69, 9.17) is 10.00 Å². The van der Waals surface area contributed by atoms with Crippen LogP contribution in [0.5, 0.6) is 5.75 Å². The number of ether oxygens (including phenoxy) is 1.